The van der Waals surface area contributed by atoms with Crippen molar-refractivity contribution in [3.8, 4) is 0 Å². The van der Waals surface area contributed by atoms with Crippen LogP contribution >= 0.6 is 0 Å². The van der Waals surface area contributed by atoms with Crippen molar-refractivity contribution in [1.29, 1.82) is 0 Å². The number of morpholine rings is 1. The molecule has 1 aliphatic heterocycles. The van der Waals surface area contributed by atoms with Crippen molar-refractivity contribution >= 4 is 5.69 Å². The number of anilines is 1. The molecule has 1 saturated heterocycles. The van der Waals surface area contributed by atoms with Crippen molar-refractivity contribution in [1.82, 2.24) is 4.98 Å². The number of hydrogen-bond acceptors (Lipinski definition) is 5. The summed E-state index contributed by atoms with van der Waals surface area (Å²) >= 11 is 0. The first-order chi connectivity index (χ1) is 8.61. The molecule has 0 radical (unpaired) electrons. The second-order valence-electron chi connectivity index (χ2n) is 4.87. The van der Waals surface area contributed by atoms with Crippen LogP contribution in [0.15, 0.2) is 18.3 Å². The Morgan fingerprint density at radius 3 is 2.94 bits per heavy atom. The van der Waals surface area contributed by atoms with E-state index in [4.69, 9.17) is 10.5 Å². The van der Waals surface area contributed by atoms with E-state index in [9.17, 15) is 5.11 Å². The largest absolute Gasteiger partial charge is 0.394 e. The molecular weight excluding hydrogens is 230 g/mol. The van der Waals surface area contributed by atoms with Crippen LogP contribution in [0, 0.1) is 0 Å². The van der Waals surface area contributed by atoms with Crippen LogP contribution in [-0.4, -0.2) is 42.0 Å². The minimum Gasteiger partial charge on any atom is -0.394 e. The molecule has 1 aliphatic rings. The van der Waals surface area contributed by atoms with Gasteiger partial charge in [-0.15, -0.1) is 0 Å². The van der Waals surface area contributed by atoms with Crippen molar-refractivity contribution in [3.05, 3.63) is 24.0 Å². The van der Waals surface area contributed by atoms with Crippen LogP contribution in [0.3, 0.4) is 0 Å². The van der Waals surface area contributed by atoms with Gasteiger partial charge in [-0.05, 0) is 26.0 Å². The highest BCUT2D eigenvalue weighted by Crippen LogP contribution is 2.21. The molecule has 1 aromatic heterocycles. The lowest BCUT2D eigenvalue weighted by molar-refractivity contribution is -0.0103. The van der Waals surface area contributed by atoms with Gasteiger partial charge in [-0.3, -0.25) is 4.98 Å². The van der Waals surface area contributed by atoms with Crippen LogP contribution in [0.5, 0.6) is 0 Å². The highest BCUT2D eigenvalue weighted by molar-refractivity contribution is 5.46. The molecule has 0 spiro atoms. The molecule has 5 heteroatoms. The number of ether oxygens (including phenoxy) is 1. The van der Waals surface area contributed by atoms with Crippen LogP contribution in [0.2, 0.25) is 0 Å². The Morgan fingerprint density at radius 1 is 1.61 bits per heavy atom. The minimum absolute atomic E-state index is 0.0497. The first-order valence-electron chi connectivity index (χ1n) is 6.32. The van der Waals surface area contributed by atoms with Crippen LogP contribution in [0.4, 0.5) is 5.69 Å². The molecule has 3 unspecified atom stereocenters. The van der Waals surface area contributed by atoms with E-state index in [-0.39, 0.29) is 24.8 Å². The molecule has 3 N–H and O–H groups in total. The lowest BCUT2D eigenvalue weighted by atomic mass is 10.1. The van der Waals surface area contributed by atoms with E-state index in [1.165, 1.54) is 0 Å². The third-order valence-electron chi connectivity index (χ3n) is 3.28. The van der Waals surface area contributed by atoms with Crippen molar-refractivity contribution in [3.63, 3.8) is 0 Å². The zero-order valence-corrected chi connectivity index (χ0v) is 10.9. The summed E-state index contributed by atoms with van der Waals surface area (Å²) < 4.78 is 5.52. The van der Waals surface area contributed by atoms with E-state index in [1.807, 2.05) is 25.3 Å². The topological polar surface area (TPSA) is 71.6 Å². The van der Waals surface area contributed by atoms with E-state index in [0.717, 1.165) is 11.4 Å². The number of aromatic nitrogens is 1. The molecule has 100 valence electrons. The Morgan fingerprint density at radius 2 is 2.39 bits per heavy atom. The quantitative estimate of drug-likeness (QED) is 0.827. The van der Waals surface area contributed by atoms with Gasteiger partial charge >= 0.3 is 0 Å². The van der Waals surface area contributed by atoms with Gasteiger partial charge in [0, 0.05) is 18.6 Å². The van der Waals surface area contributed by atoms with Gasteiger partial charge in [-0.25, -0.2) is 0 Å². The number of rotatable bonds is 3. The molecule has 3 atom stereocenters. The summed E-state index contributed by atoms with van der Waals surface area (Å²) in [6.07, 6.45) is 1.73. The third-order valence-corrected chi connectivity index (χ3v) is 3.28. The predicted molar refractivity (Wildman–Crippen MR) is 70.5 cm³/mol. The van der Waals surface area contributed by atoms with E-state index in [2.05, 4.69) is 16.8 Å². The molecule has 2 rings (SSSR count). The SMILES string of the molecule is CC(N)c1ccc(N2CC(CO)OCC2C)cn1. The molecule has 1 fully saturated rings. The monoisotopic (exact) mass is 251 g/mol. The predicted octanol–water partition coefficient (Wildman–Crippen LogP) is 0.687. The number of hydrogen-bond donors (Lipinski definition) is 2. The van der Waals surface area contributed by atoms with Crippen LogP contribution in [-0.2, 0) is 4.74 Å². The first kappa shape index (κ1) is 13.3. The second-order valence-corrected chi connectivity index (χ2v) is 4.87. The van der Waals surface area contributed by atoms with Crippen LogP contribution in [0.1, 0.15) is 25.6 Å². The number of aliphatic hydroxyl groups is 1. The maximum absolute atomic E-state index is 9.18. The third kappa shape index (κ3) is 2.80. The Kier molecular flexibility index (Phi) is 4.16. The van der Waals surface area contributed by atoms with Crippen molar-refractivity contribution in [2.24, 2.45) is 5.73 Å². The van der Waals surface area contributed by atoms with Gasteiger partial charge in [0.25, 0.3) is 0 Å². The summed E-state index contributed by atoms with van der Waals surface area (Å²) in [6.45, 7) is 5.39. The van der Waals surface area contributed by atoms with Crippen molar-refractivity contribution in [2.75, 3.05) is 24.7 Å². The summed E-state index contributed by atoms with van der Waals surface area (Å²) in [5.41, 5.74) is 7.72. The first-order valence-corrected chi connectivity index (χ1v) is 6.32. The average Bonchev–Trinajstić information content (AvgIpc) is 2.39. The van der Waals surface area contributed by atoms with E-state index in [1.54, 1.807) is 0 Å². The maximum Gasteiger partial charge on any atom is 0.0981 e. The van der Waals surface area contributed by atoms with E-state index in [0.29, 0.717) is 13.2 Å². The van der Waals surface area contributed by atoms with Crippen molar-refractivity contribution < 1.29 is 9.84 Å². The number of nitrogens with two attached hydrogens (primary N) is 1. The minimum atomic E-state index is -0.116. The highest BCUT2D eigenvalue weighted by Gasteiger charge is 2.25. The van der Waals surface area contributed by atoms with E-state index < -0.39 is 0 Å². The van der Waals surface area contributed by atoms with Gasteiger partial charge in [-0.1, -0.05) is 0 Å². The number of pyridine rings is 1. The molecule has 0 amide bonds. The molecule has 18 heavy (non-hydrogen) atoms. The van der Waals surface area contributed by atoms with Gasteiger partial charge in [0.15, 0.2) is 0 Å². The average molecular weight is 251 g/mol. The van der Waals surface area contributed by atoms with Crippen molar-refractivity contribution in [2.45, 2.75) is 32.0 Å². The normalized spacial score (nSPS) is 26.1. The van der Waals surface area contributed by atoms with Gasteiger partial charge in [0.1, 0.15) is 0 Å². The summed E-state index contributed by atoms with van der Waals surface area (Å²) in [5, 5.41) is 9.18. The number of nitrogens with zero attached hydrogens (tertiary/aromatic N) is 2. The van der Waals surface area contributed by atoms with Gasteiger partial charge in [0.2, 0.25) is 0 Å². The Bertz CT molecular complexity index is 380. The molecule has 0 aromatic carbocycles. The Balaban J connectivity index is 2.13. The lowest BCUT2D eigenvalue weighted by Crippen LogP contribution is -2.49. The summed E-state index contributed by atoms with van der Waals surface area (Å²) in [5.74, 6) is 0. The highest BCUT2D eigenvalue weighted by atomic mass is 16.5. The van der Waals surface area contributed by atoms with E-state index >= 15 is 0 Å². The smallest absolute Gasteiger partial charge is 0.0981 e. The Labute approximate surface area is 108 Å². The zero-order valence-electron chi connectivity index (χ0n) is 10.9. The fourth-order valence-corrected chi connectivity index (χ4v) is 2.12. The second kappa shape index (κ2) is 5.65. The summed E-state index contributed by atoms with van der Waals surface area (Å²) in [7, 11) is 0. The van der Waals surface area contributed by atoms with Gasteiger partial charge in [0.05, 0.1) is 36.9 Å². The molecule has 5 nitrogen and oxygen atoms in total. The molecule has 0 bridgehead atoms. The summed E-state index contributed by atoms with van der Waals surface area (Å²) in [6, 6.07) is 4.22. The Hall–Kier alpha value is -1.17. The van der Waals surface area contributed by atoms with Crippen LogP contribution < -0.4 is 10.6 Å². The van der Waals surface area contributed by atoms with Crippen LogP contribution in [0.25, 0.3) is 0 Å². The molecule has 0 saturated carbocycles. The zero-order chi connectivity index (χ0) is 13.1. The summed E-state index contributed by atoms with van der Waals surface area (Å²) in [4.78, 5) is 6.58. The fourth-order valence-electron chi connectivity index (χ4n) is 2.12. The maximum atomic E-state index is 9.18. The molecule has 1 aromatic rings. The molecular formula is C13H21N3O2. The number of aliphatic hydroxyl groups excluding tert-OH is 1. The van der Waals surface area contributed by atoms with Gasteiger partial charge < -0.3 is 20.5 Å². The standard InChI is InChI=1S/C13H21N3O2/c1-9-8-18-12(7-17)6-16(9)11-3-4-13(10(2)14)15-5-11/h3-5,9-10,12,17H,6-8,14H2,1-2H3. The fraction of sp³-hybridized carbons (Fsp3) is 0.615. The lowest BCUT2D eigenvalue weighted by Gasteiger charge is -2.38. The molecule has 0 aliphatic carbocycles. The van der Waals surface area contributed by atoms with Gasteiger partial charge in [-0.2, -0.15) is 0 Å². The molecule has 2 heterocycles.